The quantitative estimate of drug-likeness (QED) is 0.181. The van der Waals surface area contributed by atoms with E-state index >= 15 is 0 Å². The van der Waals surface area contributed by atoms with Crippen LogP contribution in [0.2, 0.25) is 0 Å². The third-order valence-electron chi connectivity index (χ3n) is 4.55. The summed E-state index contributed by atoms with van der Waals surface area (Å²) in [5, 5.41) is 62.1. The highest BCUT2D eigenvalue weighted by atomic mass is 16.6. The molecule has 8 N–H and O–H groups in total. The maximum Gasteiger partial charge on any atom is 0.326 e. The summed E-state index contributed by atoms with van der Waals surface area (Å²) in [6.07, 6.45) is -5.63. The number of rotatable bonds is 10. The van der Waals surface area contributed by atoms with Gasteiger partial charge in [-0.15, -0.1) is 0 Å². The first kappa shape index (κ1) is 24.2. The lowest BCUT2D eigenvalue weighted by atomic mass is 9.92. The number of carbonyl (C=O) groups excluding carboxylic acids is 1. The molecule has 6 atom stereocenters. The first-order valence-corrected chi connectivity index (χ1v) is 8.76. The number of aliphatic hydroxyl groups is 4. The average molecular weight is 408 g/mol. The fourth-order valence-corrected chi connectivity index (χ4v) is 2.80. The monoisotopic (exact) mass is 408 g/mol. The van der Waals surface area contributed by atoms with Crippen molar-refractivity contribution in [2.24, 2.45) is 5.92 Å². The molecule has 0 spiro atoms. The van der Waals surface area contributed by atoms with Gasteiger partial charge in [0.05, 0.1) is 19.3 Å². The Kier molecular flexibility index (Phi) is 8.73. The lowest BCUT2D eigenvalue weighted by Crippen LogP contribution is -2.72. The molecular formula is C16H28N2O10. The molecule has 12 heteroatoms. The summed E-state index contributed by atoms with van der Waals surface area (Å²) in [6, 6.07) is -2.63. The van der Waals surface area contributed by atoms with Crippen LogP contribution in [0.15, 0.2) is 0 Å². The van der Waals surface area contributed by atoms with Crippen molar-refractivity contribution >= 4 is 17.8 Å². The van der Waals surface area contributed by atoms with Crippen molar-refractivity contribution in [1.82, 2.24) is 10.6 Å². The molecule has 1 aliphatic heterocycles. The number of aliphatic hydroxyl groups excluding tert-OH is 4. The molecular weight excluding hydrogens is 380 g/mol. The van der Waals surface area contributed by atoms with E-state index in [1.165, 1.54) is 0 Å². The average Bonchev–Trinajstić information content (AvgIpc) is 2.62. The van der Waals surface area contributed by atoms with Crippen LogP contribution in [0.4, 0.5) is 0 Å². The molecule has 0 aromatic rings. The van der Waals surface area contributed by atoms with Crippen molar-refractivity contribution in [3.05, 3.63) is 0 Å². The Morgan fingerprint density at radius 1 is 1.18 bits per heavy atom. The van der Waals surface area contributed by atoms with E-state index in [-0.39, 0.29) is 6.42 Å². The van der Waals surface area contributed by atoms with Crippen LogP contribution in [-0.4, -0.2) is 97.8 Å². The fourth-order valence-electron chi connectivity index (χ4n) is 2.80. The molecule has 0 aromatic carbocycles. The Morgan fingerprint density at radius 2 is 1.79 bits per heavy atom. The largest absolute Gasteiger partial charge is 0.481 e. The molecule has 162 valence electrons. The molecule has 1 aliphatic rings. The van der Waals surface area contributed by atoms with Crippen LogP contribution >= 0.6 is 0 Å². The minimum atomic E-state index is -1.97. The maximum atomic E-state index is 12.6. The van der Waals surface area contributed by atoms with E-state index in [4.69, 9.17) is 9.84 Å². The zero-order valence-electron chi connectivity index (χ0n) is 15.6. The molecule has 0 saturated carbocycles. The molecule has 1 fully saturated rings. The van der Waals surface area contributed by atoms with Gasteiger partial charge in [-0.1, -0.05) is 13.8 Å². The van der Waals surface area contributed by atoms with Crippen molar-refractivity contribution in [1.29, 1.82) is 0 Å². The van der Waals surface area contributed by atoms with Crippen LogP contribution < -0.4 is 10.6 Å². The minimum Gasteiger partial charge on any atom is -0.481 e. The smallest absolute Gasteiger partial charge is 0.326 e. The highest BCUT2D eigenvalue weighted by Crippen LogP contribution is 2.25. The number of amides is 1. The van der Waals surface area contributed by atoms with Gasteiger partial charge in [0.1, 0.15) is 24.4 Å². The molecule has 0 bridgehead atoms. The van der Waals surface area contributed by atoms with Crippen molar-refractivity contribution in [2.75, 3.05) is 13.2 Å². The van der Waals surface area contributed by atoms with E-state index < -0.39 is 79.5 Å². The highest BCUT2D eigenvalue weighted by Gasteiger charge is 2.51. The van der Waals surface area contributed by atoms with Gasteiger partial charge in [-0.05, 0) is 12.3 Å². The normalized spacial score (nSPS) is 29.9. The van der Waals surface area contributed by atoms with Gasteiger partial charge in [0.2, 0.25) is 5.91 Å². The fraction of sp³-hybridized carbons (Fsp3) is 0.812. The standard InChI is InChI=1S/C16H28N2O10/c1-7(2)11(14(25)17-8(15(26)27)3-4-10(21)22)18-16(6-19)13(24)12(23)9(20)5-28-16/h7-9,11-13,18-20,23-24H,3-6H2,1-2H3,(H,17,25)(H,21,22)(H,26,27)/t8-,9+,11-,12+,13-,16+/m0/s1. The number of hydrogen-bond donors (Lipinski definition) is 8. The van der Waals surface area contributed by atoms with Crippen LogP contribution in [-0.2, 0) is 19.1 Å². The van der Waals surface area contributed by atoms with Gasteiger partial charge >= 0.3 is 11.9 Å². The summed E-state index contributed by atoms with van der Waals surface area (Å²) in [5.41, 5.74) is -1.97. The number of ether oxygens (including phenoxy) is 1. The zero-order valence-corrected chi connectivity index (χ0v) is 15.6. The Hall–Kier alpha value is -1.83. The molecule has 28 heavy (non-hydrogen) atoms. The lowest BCUT2D eigenvalue weighted by molar-refractivity contribution is -0.261. The van der Waals surface area contributed by atoms with Crippen molar-refractivity contribution in [3.8, 4) is 0 Å². The Balaban J connectivity index is 2.97. The van der Waals surface area contributed by atoms with Crippen molar-refractivity contribution in [3.63, 3.8) is 0 Å². The number of hydrogen-bond acceptors (Lipinski definition) is 9. The number of carbonyl (C=O) groups is 3. The van der Waals surface area contributed by atoms with Gasteiger partial charge in [-0.3, -0.25) is 14.9 Å². The molecule has 0 aromatic heterocycles. The molecule has 0 radical (unpaired) electrons. The zero-order chi connectivity index (χ0) is 21.6. The molecule has 0 unspecified atom stereocenters. The third kappa shape index (κ3) is 5.83. The number of carboxylic acids is 2. The van der Waals surface area contributed by atoms with E-state index in [2.05, 4.69) is 10.6 Å². The predicted molar refractivity (Wildman–Crippen MR) is 92.0 cm³/mol. The molecule has 0 aliphatic carbocycles. The first-order chi connectivity index (χ1) is 12.9. The van der Waals surface area contributed by atoms with Crippen molar-refractivity contribution in [2.45, 2.75) is 62.8 Å². The predicted octanol–water partition coefficient (Wildman–Crippen LogP) is -3.16. The Bertz CT molecular complexity index is 572. The summed E-state index contributed by atoms with van der Waals surface area (Å²) in [4.78, 5) is 34.6. The van der Waals surface area contributed by atoms with Crippen LogP contribution in [0.5, 0.6) is 0 Å². The number of nitrogens with one attached hydrogen (secondary N) is 2. The van der Waals surface area contributed by atoms with E-state index in [9.17, 15) is 39.9 Å². The van der Waals surface area contributed by atoms with E-state index in [0.29, 0.717) is 0 Å². The SMILES string of the molecule is CC(C)[C@H](N[C@]1(CO)OC[C@@H](O)[C@@H](O)[C@@H]1O)C(=O)N[C@@H](CCC(=O)O)C(=O)O. The van der Waals surface area contributed by atoms with Crippen LogP contribution in [0.1, 0.15) is 26.7 Å². The van der Waals surface area contributed by atoms with Gasteiger partial charge in [0.25, 0.3) is 0 Å². The van der Waals surface area contributed by atoms with Crippen LogP contribution in [0.25, 0.3) is 0 Å². The lowest BCUT2D eigenvalue weighted by Gasteiger charge is -2.46. The molecule has 12 nitrogen and oxygen atoms in total. The van der Waals surface area contributed by atoms with E-state index in [1.54, 1.807) is 13.8 Å². The second-order valence-electron chi connectivity index (χ2n) is 7.06. The van der Waals surface area contributed by atoms with Gasteiger partial charge in [-0.2, -0.15) is 0 Å². The minimum absolute atomic E-state index is 0.337. The summed E-state index contributed by atoms with van der Waals surface area (Å²) >= 11 is 0. The van der Waals surface area contributed by atoms with Gasteiger partial charge in [-0.25, -0.2) is 4.79 Å². The third-order valence-corrected chi connectivity index (χ3v) is 4.55. The maximum absolute atomic E-state index is 12.6. The molecule has 1 amide bonds. The number of aliphatic carboxylic acids is 2. The van der Waals surface area contributed by atoms with Gasteiger partial charge in [0, 0.05) is 6.42 Å². The number of carboxylic acid groups (broad SMARTS) is 2. The Morgan fingerprint density at radius 3 is 2.25 bits per heavy atom. The topological polar surface area (TPSA) is 206 Å². The molecule has 1 heterocycles. The summed E-state index contributed by atoms with van der Waals surface area (Å²) in [6.45, 7) is 1.94. The second-order valence-corrected chi connectivity index (χ2v) is 7.06. The summed E-state index contributed by atoms with van der Waals surface area (Å²) in [5.74, 6) is -3.93. The van der Waals surface area contributed by atoms with Crippen molar-refractivity contribution < 1.29 is 49.8 Å². The van der Waals surface area contributed by atoms with E-state index in [0.717, 1.165) is 0 Å². The molecule has 1 rings (SSSR count). The Labute approximate surface area is 161 Å². The van der Waals surface area contributed by atoms with Crippen LogP contribution in [0, 0.1) is 5.92 Å². The van der Waals surface area contributed by atoms with Crippen LogP contribution in [0.3, 0.4) is 0 Å². The second kappa shape index (κ2) is 10.1. The van der Waals surface area contributed by atoms with E-state index in [1.807, 2.05) is 0 Å². The summed E-state index contributed by atoms with van der Waals surface area (Å²) < 4.78 is 5.28. The van der Waals surface area contributed by atoms with Gasteiger partial charge in [0.15, 0.2) is 5.72 Å². The first-order valence-electron chi connectivity index (χ1n) is 8.76. The van der Waals surface area contributed by atoms with Gasteiger partial charge < -0.3 is 40.7 Å². The summed E-state index contributed by atoms with van der Waals surface area (Å²) in [7, 11) is 0. The molecule has 1 saturated heterocycles. The highest BCUT2D eigenvalue weighted by molar-refractivity contribution is 5.87.